The van der Waals surface area contributed by atoms with Gasteiger partial charge in [0.05, 0.1) is 6.20 Å². The molecule has 1 aliphatic rings. The van der Waals surface area contributed by atoms with Crippen molar-refractivity contribution in [1.29, 1.82) is 0 Å². The fraction of sp³-hybridized carbons (Fsp3) is 0.294. The van der Waals surface area contributed by atoms with E-state index in [0.29, 0.717) is 12.5 Å². The van der Waals surface area contributed by atoms with Crippen molar-refractivity contribution in [2.24, 2.45) is 5.92 Å². The van der Waals surface area contributed by atoms with Crippen LogP contribution in [0.3, 0.4) is 0 Å². The number of carbonyl (C=O) groups excluding carboxylic acids is 1. The molecule has 1 aliphatic heterocycles. The van der Waals surface area contributed by atoms with E-state index in [1.165, 1.54) is 11.6 Å². The van der Waals surface area contributed by atoms with Crippen molar-refractivity contribution in [1.82, 2.24) is 15.1 Å². The number of nitrogens with zero attached hydrogens (tertiary/aromatic N) is 3. The molecule has 1 amide bonds. The molecule has 2 heterocycles. The third-order valence-corrected chi connectivity index (χ3v) is 4.22. The van der Waals surface area contributed by atoms with Gasteiger partial charge in [0.25, 0.3) is 0 Å². The molecule has 0 fully saturated rings. The van der Waals surface area contributed by atoms with Gasteiger partial charge >= 0.3 is 0 Å². The number of benzene rings is 1. The van der Waals surface area contributed by atoms with Crippen LogP contribution in [0.15, 0.2) is 49.2 Å². The van der Waals surface area contributed by atoms with Crippen LogP contribution >= 0.6 is 11.6 Å². The minimum absolute atomic E-state index is 0.138. The van der Waals surface area contributed by atoms with E-state index in [1.54, 1.807) is 0 Å². The average Bonchev–Trinajstić information content (AvgIpc) is 3.03. The molecule has 3 rings (SSSR count). The summed E-state index contributed by atoms with van der Waals surface area (Å²) >= 11 is 5.95. The molecule has 120 valence electrons. The lowest BCUT2D eigenvalue weighted by Gasteiger charge is -2.35. The fourth-order valence-corrected chi connectivity index (χ4v) is 2.97. The molecule has 0 saturated carbocycles. The Kier molecular flexibility index (Phi) is 4.67. The molecule has 0 aliphatic carbocycles. The maximum atomic E-state index is 11.4. The molecule has 1 atom stereocenters. The third-order valence-electron chi connectivity index (χ3n) is 3.96. The average molecular weight is 331 g/mol. The Balaban J connectivity index is 1.72. The molecular weight excluding hydrogens is 312 g/mol. The zero-order valence-electron chi connectivity index (χ0n) is 12.8. The molecule has 1 aromatic carbocycles. The molecule has 0 spiro atoms. The quantitative estimate of drug-likeness (QED) is 0.857. The second-order valence-electron chi connectivity index (χ2n) is 5.69. The van der Waals surface area contributed by atoms with E-state index >= 15 is 0 Å². The van der Waals surface area contributed by atoms with Crippen molar-refractivity contribution in [2.45, 2.75) is 13.1 Å². The van der Waals surface area contributed by atoms with Gasteiger partial charge in [0.15, 0.2) is 0 Å². The van der Waals surface area contributed by atoms with Crippen molar-refractivity contribution in [2.75, 3.05) is 18.0 Å². The molecule has 23 heavy (non-hydrogen) atoms. The fourth-order valence-electron chi connectivity index (χ4n) is 2.84. The smallest absolute Gasteiger partial charge is 0.243 e. The van der Waals surface area contributed by atoms with E-state index < -0.39 is 0 Å². The zero-order chi connectivity index (χ0) is 16.2. The number of hydrogen-bond acceptors (Lipinski definition) is 3. The van der Waals surface area contributed by atoms with Gasteiger partial charge in [-0.15, -0.1) is 0 Å². The second kappa shape index (κ2) is 6.87. The van der Waals surface area contributed by atoms with E-state index in [0.717, 1.165) is 30.5 Å². The lowest BCUT2D eigenvalue weighted by atomic mass is 10.1. The highest BCUT2D eigenvalue weighted by atomic mass is 35.5. The molecule has 6 heteroatoms. The van der Waals surface area contributed by atoms with Crippen LogP contribution in [0.5, 0.6) is 0 Å². The predicted octanol–water partition coefficient (Wildman–Crippen LogP) is 2.48. The zero-order valence-corrected chi connectivity index (χ0v) is 13.5. The number of amides is 1. The van der Waals surface area contributed by atoms with Crippen LogP contribution in [-0.4, -0.2) is 28.8 Å². The van der Waals surface area contributed by atoms with Crippen LogP contribution in [-0.2, 0) is 17.9 Å². The van der Waals surface area contributed by atoms with Gasteiger partial charge in [-0.2, -0.15) is 5.10 Å². The summed E-state index contributed by atoms with van der Waals surface area (Å²) in [5, 5.41) is 7.99. The summed E-state index contributed by atoms with van der Waals surface area (Å²) in [6.07, 6.45) is 3.11. The summed E-state index contributed by atoms with van der Waals surface area (Å²) in [5.74, 6) is 1.27. The number of rotatable bonds is 5. The first-order chi connectivity index (χ1) is 11.2. The highest BCUT2D eigenvalue weighted by Gasteiger charge is 2.25. The van der Waals surface area contributed by atoms with Gasteiger partial charge in [0, 0.05) is 43.2 Å². The second-order valence-corrected chi connectivity index (χ2v) is 6.13. The Hall–Kier alpha value is -2.27. The molecule has 0 saturated heterocycles. The Bertz CT molecular complexity index is 695. The monoisotopic (exact) mass is 330 g/mol. The van der Waals surface area contributed by atoms with E-state index in [2.05, 4.69) is 21.9 Å². The van der Waals surface area contributed by atoms with Gasteiger partial charge in [0.2, 0.25) is 5.91 Å². The van der Waals surface area contributed by atoms with Crippen molar-refractivity contribution >= 4 is 23.3 Å². The number of fused-ring (bicyclic) bond motifs is 1. The van der Waals surface area contributed by atoms with Crippen molar-refractivity contribution < 1.29 is 4.79 Å². The summed E-state index contributed by atoms with van der Waals surface area (Å²) in [7, 11) is 0. The molecule has 1 unspecified atom stereocenters. The number of halogens is 1. The number of carbonyl (C=O) groups is 1. The number of nitrogens with one attached hydrogen (secondary N) is 1. The minimum atomic E-state index is -0.138. The first kappa shape index (κ1) is 15.6. The Labute approximate surface area is 140 Å². The maximum absolute atomic E-state index is 11.4. The van der Waals surface area contributed by atoms with Crippen LogP contribution in [0.1, 0.15) is 5.56 Å². The SMILES string of the molecule is C=CC(=O)NCC1CN(Cc2ccc(Cl)cc2)c2ccnn2C1. The standard InChI is InChI=1S/C17H19ClN4O/c1-2-16(23)19-9-14-11-21(17-7-8-20-22(17)12-14)10-13-3-5-15(18)6-4-13/h2-8,14H,1,9-12H2,(H,19,23). The summed E-state index contributed by atoms with van der Waals surface area (Å²) in [6.45, 7) is 6.55. The largest absolute Gasteiger partial charge is 0.352 e. The van der Waals surface area contributed by atoms with Crippen LogP contribution < -0.4 is 10.2 Å². The van der Waals surface area contributed by atoms with Crippen LogP contribution in [0.4, 0.5) is 5.82 Å². The normalized spacial score (nSPS) is 16.7. The van der Waals surface area contributed by atoms with E-state index in [4.69, 9.17) is 11.6 Å². The van der Waals surface area contributed by atoms with Crippen molar-refractivity contribution in [3.8, 4) is 0 Å². The van der Waals surface area contributed by atoms with Gasteiger partial charge in [-0.1, -0.05) is 30.3 Å². The van der Waals surface area contributed by atoms with Gasteiger partial charge in [-0.25, -0.2) is 4.68 Å². The van der Waals surface area contributed by atoms with Gasteiger partial charge in [0.1, 0.15) is 5.82 Å². The number of aromatic nitrogens is 2. The van der Waals surface area contributed by atoms with Gasteiger partial charge in [-0.05, 0) is 23.8 Å². The Morgan fingerprint density at radius 1 is 1.35 bits per heavy atom. The Morgan fingerprint density at radius 3 is 2.87 bits per heavy atom. The highest BCUT2D eigenvalue weighted by molar-refractivity contribution is 6.30. The summed E-state index contributed by atoms with van der Waals surface area (Å²) in [5.41, 5.74) is 1.19. The summed E-state index contributed by atoms with van der Waals surface area (Å²) < 4.78 is 1.99. The molecule has 2 aromatic rings. The molecule has 5 nitrogen and oxygen atoms in total. The minimum Gasteiger partial charge on any atom is -0.352 e. The van der Waals surface area contributed by atoms with Gasteiger partial charge in [-0.3, -0.25) is 4.79 Å². The molecule has 1 aromatic heterocycles. The first-order valence-electron chi connectivity index (χ1n) is 7.57. The van der Waals surface area contributed by atoms with Crippen LogP contribution in [0, 0.1) is 5.92 Å². The first-order valence-corrected chi connectivity index (χ1v) is 7.95. The highest BCUT2D eigenvalue weighted by Crippen LogP contribution is 2.25. The molecular formula is C17H19ClN4O. The van der Waals surface area contributed by atoms with E-state index in [-0.39, 0.29) is 5.91 Å². The predicted molar refractivity (Wildman–Crippen MR) is 91.4 cm³/mol. The van der Waals surface area contributed by atoms with Crippen molar-refractivity contribution in [3.05, 3.63) is 59.8 Å². The molecule has 0 radical (unpaired) electrons. The Morgan fingerprint density at radius 2 is 2.13 bits per heavy atom. The number of hydrogen-bond donors (Lipinski definition) is 1. The molecule has 1 N–H and O–H groups in total. The van der Waals surface area contributed by atoms with Gasteiger partial charge < -0.3 is 10.2 Å². The summed E-state index contributed by atoms with van der Waals surface area (Å²) in [4.78, 5) is 13.7. The molecule has 0 bridgehead atoms. The third kappa shape index (κ3) is 3.74. The topological polar surface area (TPSA) is 50.2 Å². The van der Waals surface area contributed by atoms with Crippen LogP contribution in [0.25, 0.3) is 0 Å². The lowest BCUT2D eigenvalue weighted by Crippen LogP contribution is -2.43. The van der Waals surface area contributed by atoms with E-state index in [9.17, 15) is 4.79 Å². The van der Waals surface area contributed by atoms with E-state index in [1.807, 2.05) is 41.2 Å². The number of anilines is 1. The summed E-state index contributed by atoms with van der Waals surface area (Å²) in [6, 6.07) is 9.90. The maximum Gasteiger partial charge on any atom is 0.243 e. The lowest BCUT2D eigenvalue weighted by molar-refractivity contribution is -0.116. The van der Waals surface area contributed by atoms with Crippen molar-refractivity contribution in [3.63, 3.8) is 0 Å². The van der Waals surface area contributed by atoms with Crippen LogP contribution in [0.2, 0.25) is 5.02 Å².